The van der Waals surface area contributed by atoms with E-state index in [-0.39, 0.29) is 59.2 Å². The van der Waals surface area contributed by atoms with Gasteiger partial charge in [0, 0.05) is 24.0 Å². The first-order chi connectivity index (χ1) is 20.7. The molecule has 2 saturated heterocycles. The van der Waals surface area contributed by atoms with Crippen LogP contribution in [0, 0.1) is 46.3 Å². The maximum Gasteiger partial charge on any atom is 0.334 e. The second-order valence-corrected chi connectivity index (χ2v) is 14.4. The molecule has 12 atom stereocenters. The van der Waals surface area contributed by atoms with E-state index >= 15 is 0 Å². The second-order valence-electron chi connectivity index (χ2n) is 14.4. The quantitative estimate of drug-likeness (QED) is 0.256. The van der Waals surface area contributed by atoms with Gasteiger partial charge in [0.25, 0.3) is 0 Å². The molecule has 0 aromatic heterocycles. The molecule has 44 heavy (non-hydrogen) atoms. The van der Waals surface area contributed by atoms with E-state index in [1.165, 1.54) is 0 Å². The molecule has 0 aromatic rings. The van der Waals surface area contributed by atoms with Crippen LogP contribution >= 0.6 is 0 Å². The van der Waals surface area contributed by atoms with E-state index in [0.717, 1.165) is 0 Å². The van der Waals surface area contributed by atoms with Crippen LogP contribution in [0.2, 0.25) is 0 Å². The molecule has 6 fully saturated rings. The number of esters is 4. The predicted octanol–water partition coefficient (Wildman–Crippen LogP) is 3.84. The van der Waals surface area contributed by atoms with E-state index in [4.69, 9.17) is 18.9 Å². The fraction of sp³-hybridized carbons (Fsp3) is 0.706. The van der Waals surface area contributed by atoms with E-state index in [9.17, 15) is 28.8 Å². The van der Waals surface area contributed by atoms with Crippen molar-refractivity contribution >= 4 is 35.4 Å². The van der Waals surface area contributed by atoms with Crippen molar-refractivity contribution in [2.24, 2.45) is 46.3 Å². The minimum absolute atomic E-state index is 0.0194. The normalized spacial score (nSPS) is 44.5. The standard InChI is InChI=1S/C34H42O10/c1-15-13-21-27(17(3)31(39)41-21)29(33(5)19(15)7-9-23(33)35)43-25(37)11-12-26(38)44-30-28-18(4)32(40)42-22(28)14-16(2)20-8-10-24(36)34(20,30)6/h15-16,19-22,27-30H,3-4,7-14H2,1-2,5-6H3/t15-,16-,19+,20+,21-,22-,27-,28-,29+,30+,33+,34+/m1/s1. The third-order valence-electron chi connectivity index (χ3n) is 12.2. The number of Topliss-reactive ketones (excluding diaryl/α,β-unsaturated/α-hetero) is 2. The molecular formula is C34H42O10. The third-order valence-corrected chi connectivity index (χ3v) is 12.2. The first kappa shape index (κ1) is 30.7. The van der Waals surface area contributed by atoms with E-state index in [0.29, 0.717) is 38.5 Å². The van der Waals surface area contributed by atoms with Crippen molar-refractivity contribution in [2.75, 3.05) is 0 Å². The number of rotatable bonds is 5. The highest BCUT2D eigenvalue weighted by Gasteiger charge is 2.64. The minimum Gasteiger partial charge on any atom is -0.460 e. The molecular weight excluding hydrogens is 568 g/mol. The molecule has 6 aliphatic rings. The molecule has 0 radical (unpaired) electrons. The molecule has 0 N–H and O–H groups in total. The largest absolute Gasteiger partial charge is 0.460 e. The summed E-state index contributed by atoms with van der Waals surface area (Å²) in [5.41, 5.74) is -1.65. The van der Waals surface area contributed by atoms with Crippen molar-refractivity contribution in [3.63, 3.8) is 0 Å². The van der Waals surface area contributed by atoms with E-state index in [1.54, 1.807) is 0 Å². The molecule has 4 aliphatic carbocycles. The summed E-state index contributed by atoms with van der Waals surface area (Å²) >= 11 is 0. The van der Waals surface area contributed by atoms with Gasteiger partial charge in [-0.1, -0.05) is 27.0 Å². The van der Waals surface area contributed by atoms with Gasteiger partial charge in [0.2, 0.25) is 0 Å². The van der Waals surface area contributed by atoms with Crippen molar-refractivity contribution in [3.8, 4) is 0 Å². The summed E-state index contributed by atoms with van der Waals surface area (Å²) in [4.78, 5) is 78.4. The summed E-state index contributed by atoms with van der Waals surface area (Å²) in [6.45, 7) is 15.5. The highest BCUT2D eigenvalue weighted by Crippen LogP contribution is 2.58. The van der Waals surface area contributed by atoms with E-state index in [2.05, 4.69) is 13.2 Å². The second kappa shape index (κ2) is 10.7. The number of ether oxygens (including phenoxy) is 4. The molecule has 10 nitrogen and oxygen atoms in total. The Balaban J connectivity index is 1.20. The number of carbonyl (C=O) groups excluding carboxylic acids is 6. The van der Waals surface area contributed by atoms with Gasteiger partial charge in [-0.05, 0) is 63.2 Å². The van der Waals surface area contributed by atoms with E-state index < -0.39 is 71.0 Å². The highest BCUT2D eigenvalue weighted by atomic mass is 16.6. The lowest BCUT2D eigenvalue weighted by Crippen LogP contribution is -2.49. The van der Waals surface area contributed by atoms with Crippen molar-refractivity contribution in [2.45, 2.75) is 103 Å². The maximum absolute atomic E-state index is 13.4. The van der Waals surface area contributed by atoms with Gasteiger partial charge in [0.15, 0.2) is 0 Å². The highest BCUT2D eigenvalue weighted by molar-refractivity contribution is 5.94. The lowest BCUT2D eigenvalue weighted by Gasteiger charge is -2.40. The monoisotopic (exact) mass is 610 g/mol. The van der Waals surface area contributed by atoms with Crippen LogP contribution in [-0.2, 0) is 47.7 Å². The Morgan fingerprint density at radius 2 is 1.09 bits per heavy atom. The molecule has 10 heteroatoms. The van der Waals surface area contributed by atoms with Gasteiger partial charge in [-0.15, -0.1) is 0 Å². The number of hydrogen-bond acceptors (Lipinski definition) is 10. The zero-order valence-corrected chi connectivity index (χ0v) is 25.9. The Morgan fingerprint density at radius 3 is 1.45 bits per heavy atom. The third kappa shape index (κ3) is 4.41. The average Bonchev–Trinajstić information content (AvgIpc) is 3.59. The molecule has 0 spiro atoms. The fourth-order valence-electron chi connectivity index (χ4n) is 9.86. The SMILES string of the molecule is C=C1C(=O)O[C@@H]2C[C@@H](C)[C@@H]3CCC(=O)[C@@]3(C)[C@@H](OC(=O)CCC(=O)O[C@H]3[C@@H]4C(=C)C(=O)O[C@@H]4C[C@@H](C)[C@@H]4CCC(=O)[C@]43C)[C@H]12. The summed E-state index contributed by atoms with van der Waals surface area (Å²) in [6, 6.07) is 0. The Morgan fingerprint density at radius 1 is 0.727 bits per heavy atom. The van der Waals surface area contributed by atoms with Crippen molar-refractivity contribution in [1.29, 1.82) is 0 Å². The maximum atomic E-state index is 13.4. The smallest absolute Gasteiger partial charge is 0.334 e. The zero-order valence-electron chi connectivity index (χ0n) is 25.9. The Kier molecular flexibility index (Phi) is 7.44. The lowest BCUT2D eigenvalue weighted by atomic mass is 9.67. The van der Waals surface area contributed by atoms with Gasteiger partial charge in [0.1, 0.15) is 36.0 Å². The molecule has 0 amide bonds. The number of ketones is 2. The summed E-state index contributed by atoms with van der Waals surface area (Å²) < 4.78 is 23.3. The lowest BCUT2D eigenvalue weighted by molar-refractivity contribution is -0.172. The Labute approximate surface area is 257 Å². The average molecular weight is 611 g/mol. The molecule has 6 rings (SSSR count). The number of carbonyl (C=O) groups is 6. The molecule has 238 valence electrons. The molecule has 0 aromatic carbocycles. The van der Waals surface area contributed by atoms with Crippen molar-refractivity contribution in [1.82, 2.24) is 0 Å². The molecule has 0 bridgehead atoms. The minimum atomic E-state index is -1.01. The van der Waals surface area contributed by atoms with Crippen LogP contribution in [0.25, 0.3) is 0 Å². The van der Waals surface area contributed by atoms with Crippen molar-refractivity contribution < 1.29 is 47.7 Å². The summed E-state index contributed by atoms with van der Waals surface area (Å²) in [7, 11) is 0. The van der Waals surface area contributed by atoms with Gasteiger partial charge in [-0.2, -0.15) is 0 Å². The summed E-state index contributed by atoms with van der Waals surface area (Å²) in [6.07, 6.45) is -0.528. The molecule has 4 saturated carbocycles. The van der Waals surface area contributed by atoms with Crippen LogP contribution in [0.5, 0.6) is 0 Å². The van der Waals surface area contributed by atoms with Gasteiger partial charge >= 0.3 is 23.9 Å². The fourth-order valence-corrected chi connectivity index (χ4v) is 9.86. The van der Waals surface area contributed by atoms with Crippen LogP contribution in [0.3, 0.4) is 0 Å². The number of fused-ring (bicyclic) bond motifs is 4. The van der Waals surface area contributed by atoms with Crippen LogP contribution in [0.15, 0.2) is 24.3 Å². The Hall–Kier alpha value is -3.30. The van der Waals surface area contributed by atoms with Crippen LogP contribution in [-0.4, -0.2) is 59.9 Å². The van der Waals surface area contributed by atoms with Crippen LogP contribution in [0.1, 0.15) is 79.1 Å². The van der Waals surface area contributed by atoms with Gasteiger partial charge < -0.3 is 18.9 Å². The molecule has 2 aliphatic heterocycles. The predicted molar refractivity (Wildman–Crippen MR) is 153 cm³/mol. The van der Waals surface area contributed by atoms with Gasteiger partial charge in [-0.25, -0.2) is 9.59 Å². The molecule has 0 unspecified atom stereocenters. The van der Waals surface area contributed by atoms with E-state index in [1.807, 2.05) is 27.7 Å². The first-order valence-corrected chi connectivity index (χ1v) is 15.9. The first-order valence-electron chi connectivity index (χ1n) is 15.9. The summed E-state index contributed by atoms with van der Waals surface area (Å²) in [5.74, 6) is -3.84. The van der Waals surface area contributed by atoms with Gasteiger partial charge in [0.05, 0.1) is 35.5 Å². The topological polar surface area (TPSA) is 139 Å². The summed E-state index contributed by atoms with van der Waals surface area (Å²) in [5, 5.41) is 0. The zero-order chi connectivity index (χ0) is 31.9. The number of hydrogen-bond donors (Lipinski definition) is 0. The van der Waals surface area contributed by atoms with Crippen LogP contribution < -0.4 is 0 Å². The molecule has 2 heterocycles. The Bertz CT molecular complexity index is 1260. The van der Waals surface area contributed by atoms with Crippen molar-refractivity contribution in [3.05, 3.63) is 24.3 Å². The van der Waals surface area contributed by atoms with Gasteiger partial charge in [-0.3, -0.25) is 19.2 Å². The van der Waals surface area contributed by atoms with Crippen LogP contribution in [0.4, 0.5) is 0 Å².